The predicted molar refractivity (Wildman–Crippen MR) is 157 cm³/mol. The van der Waals surface area contributed by atoms with E-state index in [2.05, 4.69) is 37.3 Å². The maximum atomic E-state index is 12.3. The van der Waals surface area contributed by atoms with E-state index in [1.54, 1.807) is 36.4 Å². The number of halogens is 1. The molecule has 40 heavy (non-hydrogen) atoms. The number of hydrogen-bond acceptors (Lipinski definition) is 9. The molecule has 14 heteroatoms. The zero-order valence-electron chi connectivity index (χ0n) is 21.8. The van der Waals surface area contributed by atoms with Crippen LogP contribution in [0.4, 0.5) is 40.2 Å². The number of nitrogens with zero attached hydrogens (tertiary/aromatic N) is 5. The van der Waals surface area contributed by atoms with Crippen molar-refractivity contribution in [1.82, 2.24) is 14.3 Å². The molecule has 0 unspecified atom stereocenters. The maximum absolute atomic E-state index is 12.3. The Labute approximate surface area is 237 Å². The molecule has 2 aromatic carbocycles. The number of carbonyl (C=O) groups excluding carboxylic acids is 1. The molecule has 1 aliphatic rings. The van der Waals surface area contributed by atoms with Crippen LogP contribution in [0.1, 0.15) is 0 Å². The molecule has 12 nitrogen and oxygen atoms in total. The van der Waals surface area contributed by atoms with Gasteiger partial charge in [-0.15, -0.1) is 0 Å². The topological polar surface area (TPSA) is 133 Å². The van der Waals surface area contributed by atoms with Gasteiger partial charge in [-0.3, -0.25) is 4.79 Å². The summed E-state index contributed by atoms with van der Waals surface area (Å²) in [7, 11) is -1.80. The van der Waals surface area contributed by atoms with Gasteiger partial charge < -0.3 is 25.6 Å². The highest BCUT2D eigenvalue weighted by atomic mass is 35.5. The lowest BCUT2D eigenvalue weighted by molar-refractivity contribution is -0.111. The predicted octanol–water partition coefficient (Wildman–Crippen LogP) is 4.38. The largest absolute Gasteiger partial charge is 0.494 e. The first-order chi connectivity index (χ1) is 19.1. The summed E-state index contributed by atoms with van der Waals surface area (Å²) in [5.74, 6) is 0.485. The molecule has 1 aromatic heterocycles. The zero-order valence-corrected chi connectivity index (χ0v) is 23.4. The lowest BCUT2D eigenvalue weighted by Crippen LogP contribution is -2.48. The number of carbonyl (C=O) groups is 1. The van der Waals surface area contributed by atoms with Crippen LogP contribution in [0, 0.1) is 6.57 Å². The second-order valence-electron chi connectivity index (χ2n) is 8.68. The van der Waals surface area contributed by atoms with Gasteiger partial charge in [0.1, 0.15) is 10.8 Å². The number of ether oxygens (including phenoxy) is 1. The van der Waals surface area contributed by atoms with Crippen LogP contribution in [0.5, 0.6) is 5.75 Å². The SMILES string of the molecule is [C-]#[N+]c1ccccc1Nc1nc(Nc2cc(NC(=O)C=C)c(N3CCN(S(C)(=O)=O)CC3)cc2OC)ncc1Cl. The van der Waals surface area contributed by atoms with E-state index in [-0.39, 0.29) is 16.8 Å². The van der Waals surface area contributed by atoms with Crippen LogP contribution in [0.15, 0.2) is 55.3 Å². The Hall–Kier alpha value is -4.38. The number of methoxy groups -OCH3 is 1. The molecule has 1 saturated heterocycles. The standard InChI is InChI=1S/C26H27ClN8O4S/c1-5-24(36)30-20-14-21(23(39-3)15-22(20)34-10-12-35(13-11-34)40(4,37)38)32-26-29-16-17(27)25(33-26)31-19-9-7-6-8-18(19)28-2/h5-9,14-16H,1,10-13H2,3-4H3,(H,30,36)(H2,29,31,32,33). The highest BCUT2D eigenvalue weighted by Gasteiger charge is 2.26. The summed E-state index contributed by atoms with van der Waals surface area (Å²) >= 11 is 6.33. The molecule has 2 heterocycles. The molecular weight excluding hydrogens is 556 g/mol. The van der Waals surface area contributed by atoms with Gasteiger partial charge in [0.2, 0.25) is 27.6 Å². The molecule has 0 atom stereocenters. The summed E-state index contributed by atoms with van der Waals surface area (Å²) in [5, 5.41) is 9.24. The van der Waals surface area contributed by atoms with Crippen LogP contribution in [-0.2, 0) is 14.8 Å². The van der Waals surface area contributed by atoms with Crippen molar-refractivity contribution in [1.29, 1.82) is 0 Å². The van der Waals surface area contributed by atoms with Crippen molar-refractivity contribution < 1.29 is 17.9 Å². The molecule has 0 aliphatic carbocycles. The lowest BCUT2D eigenvalue weighted by atomic mass is 10.1. The number of amides is 1. The van der Waals surface area contributed by atoms with Crippen LogP contribution < -0.4 is 25.6 Å². The molecule has 1 amide bonds. The Bertz CT molecular complexity index is 1580. The Balaban J connectivity index is 1.66. The first kappa shape index (κ1) is 28.6. The minimum absolute atomic E-state index is 0.181. The number of sulfonamides is 1. The number of rotatable bonds is 9. The lowest BCUT2D eigenvalue weighted by Gasteiger charge is -2.36. The molecule has 1 aliphatic heterocycles. The van der Waals surface area contributed by atoms with Crippen molar-refractivity contribution in [2.24, 2.45) is 0 Å². The van der Waals surface area contributed by atoms with Crippen molar-refractivity contribution in [3.63, 3.8) is 0 Å². The van der Waals surface area contributed by atoms with Crippen LogP contribution >= 0.6 is 11.6 Å². The van der Waals surface area contributed by atoms with E-state index in [1.807, 2.05) is 4.90 Å². The highest BCUT2D eigenvalue weighted by Crippen LogP contribution is 2.39. The van der Waals surface area contributed by atoms with E-state index in [4.69, 9.17) is 22.9 Å². The first-order valence-electron chi connectivity index (χ1n) is 12.0. The molecule has 1 fully saturated rings. The van der Waals surface area contributed by atoms with E-state index in [0.29, 0.717) is 60.4 Å². The maximum Gasteiger partial charge on any atom is 0.247 e. The number of anilines is 6. The third kappa shape index (κ3) is 6.60. The van der Waals surface area contributed by atoms with E-state index >= 15 is 0 Å². The Kier molecular flexibility index (Phi) is 8.73. The molecule has 208 valence electrons. The molecule has 3 aromatic rings. The van der Waals surface area contributed by atoms with Crippen LogP contribution in [0.3, 0.4) is 0 Å². The minimum Gasteiger partial charge on any atom is -0.494 e. The number of hydrogen-bond donors (Lipinski definition) is 3. The van der Waals surface area contributed by atoms with Gasteiger partial charge in [-0.05, 0) is 18.2 Å². The van der Waals surface area contributed by atoms with E-state index in [0.717, 1.165) is 6.08 Å². The molecule has 0 saturated carbocycles. The smallest absolute Gasteiger partial charge is 0.247 e. The van der Waals surface area contributed by atoms with Crippen molar-refractivity contribution >= 4 is 67.7 Å². The Morgan fingerprint density at radius 2 is 1.88 bits per heavy atom. The number of piperazine rings is 1. The van der Waals surface area contributed by atoms with Gasteiger partial charge in [-0.25, -0.2) is 18.2 Å². The number of benzene rings is 2. The van der Waals surface area contributed by atoms with Crippen LogP contribution in [0.25, 0.3) is 4.85 Å². The van der Waals surface area contributed by atoms with Gasteiger partial charge in [-0.2, -0.15) is 9.29 Å². The van der Waals surface area contributed by atoms with Crippen molar-refractivity contribution in [2.75, 3.05) is 60.4 Å². The third-order valence-corrected chi connectivity index (χ3v) is 7.66. The molecule has 4 rings (SSSR count). The van der Waals surface area contributed by atoms with Gasteiger partial charge in [0.15, 0.2) is 5.82 Å². The van der Waals surface area contributed by atoms with Gasteiger partial charge in [-0.1, -0.05) is 36.4 Å². The number of para-hydroxylation sites is 2. The summed E-state index contributed by atoms with van der Waals surface area (Å²) < 4.78 is 31.0. The fourth-order valence-electron chi connectivity index (χ4n) is 4.08. The van der Waals surface area contributed by atoms with Crippen LogP contribution in [-0.4, -0.2) is 68.1 Å². The molecule has 0 spiro atoms. The second kappa shape index (κ2) is 12.2. The summed E-state index contributed by atoms with van der Waals surface area (Å²) in [6.07, 6.45) is 3.76. The van der Waals surface area contributed by atoms with E-state index in [1.165, 1.54) is 23.9 Å². The Morgan fingerprint density at radius 1 is 1.15 bits per heavy atom. The monoisotopic (exact) mass is 582 g/mol. The summed E-state index contributed by atoms with van der Waals surface area (Å²) in [6.45, 7) is 12.4. The average molecular weight is 583 g/mol. The molecule has 3 N–H and O–H groups in total. The first-order valence-corrected chi connectivity index (χ1v) is 14.2. The fraction of sp³-hybridized carbons (Fsp3) is 0.231. The second-order valence-corrected chi connectivity index (χ2v) is 11.1. The average Bonchev–Trinajstić information content (AvgIpc) is 2.94. The zero-order chi connectivity index (χ0) is 28.9. The van der Waals surface area contributed by atoms with Crippen LogP contribution in [0.2, 0.25) is 5.02 Å². The van der Waals surface area contributed by atoms with E-state index < -0.39 is 15.9 Å². The summed E-state index contributed by atoms with van der Waals surface area (Å²) in [6, 6.07) is 10.4. The summed E-state index contributed by atoms with van der Waals surface area (Å²) in [4.78, 5) is 26.5. The quantitative estimate of drug-likeness (QED) is 0.248. The third-order valence-electron chi connectivity index (χ3n) is 6.08. The van der Waals surface area contributed by atoms with Gasteiger partial charge >= 0.3 is 0 Å². The van der Waals surface area contributed by atoms with Gasteiger partial charge in [0, 0.05) is 37.9 Å². The van der Waals surface area contributed by atoms with Crippen molar-refractivity contribution in [3.05, 3.63) is 71.7 Å². The van der Waals surface area contributed by atoms with Crippen molar-refractivity contribution in [2.45, 2.75) is 0 Å². The van der Waals surface area contributed by atoms with E-state index in [9.17, 15) is 13.2 Å². The molecule has 0 radical (unpaired) electrons. The van der Waals surface area contributed by atoms with Gasteiger partial charge in [0.05, 0.1) is 43.2 Å². The normalized spacial score (nSPS) is 13.7. The van der Waals surface area contributed by atoms with Gasteiger partial charge in [0.25, 0.3) is 0 Å². The fourth-order valence-corrected chi connectivity index (χ4v) is 5.05. The Morgan fingerprint density at radius 3 is 2.52 bits per heavy atom. The number of nitrogens with one attached hydrogen (secondary N) is 3. The molecule has 0 bridgehead atoms. The highest BCUT2D eigenvalue weighted by molar-refractivity contribution is 7.88. The summed E-state index contributed by atoms with van der Waals surface area (Å²) in [5.41, 5.74) is 2.51. The number of aromatic nitrogens is 2. The van der Waals surface area contributed by atoms with Crippen molar-refractivity contribution in [3.8, 4) is 5.75 Å². The molecular formula is C26H27ClN8O4S. The minimum atomic E-state index is -3.30.